The van der Waals surface area contributed by atoms with Crippen LogP contribution in [0.15, 0.2) is 0 Å². The van der Waals surface area contributed by atoms with Crippen molar-refractivity contribution in [3.63, 3.8) is 0 Å². The molecule has 0 radical (unpaired) electrons. The summed E-state index contributed by atoms with van der Waals surface area (Å²) < 4.78 is 52.5. The van der Waals surface area contributed by atoms with Crippen LogP contribution in [-0.2, 0) is 16.6 Å². The molecule has 0 saturated heterocycles. The Morgan fingerprint density at radius 2 is 2.00 bits per heavy atom. The van der Waals surface area contributed by atoms with Crippen molar-refractivity contribution >= 4 is 34.0 Å². The van der Waals surface area contributed by atoms with Crippen molar-refractivity contribution < 1.29 is 27.5 Å². The molecular weight excluding hydrogens is 372 g/mol. The number of aromatic nitrogens is 1. The van der Waals surface area contributed by atoms with Gasteiger partial charge in [0.05, 0.1) is 15.9 Å². The van der Waals surface area contributed by atoms with Gasteiger partial charge in [-0.3, -0.25) is 4.79 Å². The van der Waals surface area contributed by atoms with Gasteiger partial charge in [-0.2, -0.15) is 13.2 Å². The highest BCUT2D eigenvalue weighted by Crippen LogP contribution is 2.41. The number of nitrogens with one attached hydrogen (secondary N) is 1. The van der Waals surface area contributed by atoms with Crippen LogP contribution in [0.1, 0.15) is 43.7 Å². The minimum Gasteiger partial charge on any atom is -0.385 e. The molecule has 1 aliphatic rings. The molecule has 3 unspecified atom stereocenters. The summed E-state index contributed by atoms with van der Waals surface area (Å²) in [6.07, 6.45) is -5.42. The zero-order valence-electron chi connectivity index (χ0n) is 13.0. The Hall–Kier alpha value is -0.930. The maximum absolute atomic E-state index is 13.3. The van der Waals surface area contributed by atoms with Gasteiger partial charge in [-0.05, 0) is 33.1 Å². The second kappa shape index (κ2) is 6.76. The van der Waals surface area contributed by atoms with Crippen molar-refractivity contribution in [1.29, 1.82) is 0 Å². The van der Waals surface area contributed by atoms with Crippen molar-refractivity contribution in [3.05, 3.63) is 10.6 Å². The second-order valence-corrected chi connectivity index (χ2v) is 7.84. The molecule has 2 rings (SSSR count). The lowest BCUT2D eigenvalue weighted by Gasteiger charge is -2.27. The summed E-state index contributed by atoms with van der Waals surface area (Å²) in [6, 6.07) is 0. The first-order valence-electron chi connectivity index (χ1n) is 7.29. The Morgan fingerprint density at radius 3 is 2.46 bits per heavy atom. The van der Waals surface area contributed by atoms with Crippen LogP contribution in [0.5, 0.6) is 0 Å². The van der Waals surface area contributed by atoms with Gasteiger partial charge in [0.25, 0.3) is 0 Å². The smallest absolute Gasteiger partial charge is 0.385 e. The van der Waals surface area contributed by atoms with Crippen LogP contribution in [-0.4, -0.2) is 27.5 Å². The second-order valence-electron chi connectivity index (χ2n) is 6.28. The molecule has 3 atom stereocenters. The molecule has 2 N–H and O–H groups in total. The van der Waals surface area contributed by atoms with Gasteiger partial charge in [0, 0.05) is 5.92 Å². The number of carbonyl (C=O) groups excluding carboxylic acids is 1. The molecule has 0 spiro atoms. The van der Waals surface area contributed by atoms with E-state index in [1.165, 1.54) is 13.8 Å². The molecule has 1 aromatic rings. The van der Waals surface area contributed by atoms with Crippen LogP contribution in [0.2, 0.25) is 0 Å². The maximum Gasteiger partial charge on any atom is 0.434 e. The van der Waals surface area contributed by atoms with E-state index in [9.17, 15) is 27.5 Å². The Morgan fingerprint density at radius 1 is 1.38 bits per heavy atom. The Labute approximate surface area is 145 Å². The fraction of sp³-hybridized carbons (Fsp3) is 0.714. The first kappa shape index (κ1) is 19.4. The fourth-order valence-corrected chi connectivity index (χ4v) is 3.84. The average molecular weight is 389 g/mol. The summed E-state index contributed by atoms with van der Waals surface area (Å²) in [6.45, 7) is 2.42. The summed E-state index contributed by atoms with van der Waals surface area (Å²) in [5, 5.41) is 11.2. The minimum atomic E-state index is -4.75. The van der Waals surface area contributed by atoms with Crippen LogP contribution < -0.4 is 5.32 Å². The summed E-state index contributed by atoms with van der Waals surface area (Å²) in [5.74, 6) is -1.12. The van der Waals surface area contributed by atoms with Gasteiger partial charge < -0.3 is 10.4 Å². The highest BCUT2D eigenvalue weighted by Gasteiger charge is 2.42. The topological polar surface area (TPSA) is 62.2 Å². The molecule has 10 heteroatoms. The monoisotopic (exact) mass is 388 g/mol. The van der Waals surface area contributed by atoms with Gasteiger partial charge in [0.2, 0.25) is 5.91 Å². The normalized spacial score (nSPS) is 25.6. The first-order chi connectivity index (χ1) is 10.9. The van der Waals surface area contributed by atoms with Crippen molar-refractivity contribution in [3.8, 4) is 0 Å². The Bertz CT molecular complexity index is 583. The third-order valence-corrected chi connectivity index (χ3v) is 5.48. The predicted octanol–water partition coefficient (Wildman–Crippen LogP) is 4.07. The van der Waals surface area contributed by atoms with Crippen molar-refractivity contribution in [2.75, 3.05) is 5.32 Å². The lowest BCUT2D eigenvalue weighted by molar-refractivity contribution is -0.143. The van der Waals surface area contributed by atoms with Crippen LogP contribution in [0.3, 0.4) is 0 Å². The zero-order valence-corrected chi connectivity index (χ0v) is 14.5. The van der Waals surface area contributed by atoms with E-state index in [-0.39, 0.29) is 29.3 Å². The Balaban J connectivity index is 2.18. The molecule has 1 heterocycles. The van der Waals surface area contributed by atoms with E-state index in [0.29, 0.717) is 11.3 Å². The van der Waals surface area contributed by atoms with Crippen molar-refractivity contribution in [2.45, 2.75) is 56.4 Å². The van der Waals surface area contributed by atoms with Crippen LogP contribution in [0, 0.1) is 5.92 Å². The average Bonchev–Trinajstić information content (AvgIpc) is 2.85. The lowest BCUT2D eigenvalue weighted by Crippen LogP contribution is -2.33. The van der Waals surface area contributed by atoms with Gasteiger partial charge in [-0.25, -0.2) is 9.37 Å². The number of anilines is 1. The van der Waals surface area contributed by atoms with Gasteiger partial charge in [0.1, 0.15) is 6.17 Å². The summed E-state index contributed by atoms with van der Waals surface area (Å²) in [7, 11) is 0. The molecule has 136 valence electrons. The molecule has 1 aromatic heterocycles. The number of thiazole rings is 1. The molecule has 1 aliphatic carbocycles. The third kappa shape index (κ3) is 4.37. The maximum atomic E-state index is 13.3. The SMILES string of the molecule is CC(C)(O)c1sc(NC(=O)C2CCC(F)C(Cl)C2)nc1C(F)(F)F. The number of hydrogen-bond donors (Lipinski definition) is 2. The van der Waals surface area contributed by atoms with E-state index in [2.05, 4.69) is 10.3 Å². The van der Waals surface area contributed by atoms with E-state index in [4.69, 9.17) is 11.6 Å². The predicted molar refractivity (Wildman–Crippen MR) is 82.9 cm³/mol. The highest BCUT2D eigenvalue weighted by molar-refractivity contribution is 7.16. The van der Waals surface area contributed by atoms with E-state index in [0.717, 1.165) is 0 Å². The van der Waals surface area contributed by atoms with Crippen LogP contribution in [0.4, 0.5) is 22.7 Å². The number of carbonyl (C=O) groups is 1. The largest absolute Gasteiger partial charge is 0.434 e. The molecule has 1 fully saturated rings. The van der Waals surface area contributed by atoms with Crippen molar-refractivity contribution in [2.24, 2.45) is 5.92 Å². The first-order valence-corrected chi connectivity index (χ1v) is 8.54. The molecule has 4 nitrogen and oxygen atoms in total. The van der Waals surface area contributed by atoms with Gasteiger partial charge in [-0.1, -0.05) is 11.3 Å². The van der Waals surface area contributed by atoms with Crippen molar-refractivity contribution in [1.82, 2.24) is 4.98 Å². The van der Waals surface area contributed by atoms with Crippen LogP contribution >= 0.6 is 22.9 Å². The highest BCUT2D eigenvalue weighted by atomic mass is 35.5. The number of hydrogen-bond acceptors (Lipinski definition) is 4. The third-order valence-electron chi connectivity index (χ3n) is 3.75. The molecule has 0 aliphatic heterocycles. The number of alkyl halides is 5. The quantitative estimate of drug-likeness (QED) is 0.606. The molecule has 1 saturated carbocycles. The minimum absolute atomic E-state index is 0.115. The number of halogens is 5. The van der Waals surface area contributed by atoms with E-state index < -0.39 is 40.8 Å². The summed E-state index contributed by atoms with van der Waals surface area (Å²) >= 11 is 6.37. The Kier molecular flexibility index (Phi) is 5.46. The molecule has 1 amide bonds. The fourth-order valence-electron chi connectivity index (χ4n) is 2.50. The lowest BCUT2D eigenvalue weighted by atomic mass is 9.87. The number of amides is 1. The summed E-state index contributed by atoms with van der Waals surface area (Å²) in [5.41, 5.74) is -2.98. The number of aliphatic hydroxyl groups is 1. The van der Waals surface area contributed by atoms with Gasteiger partial charge in [0.15, 0.2) is 10.8 Å². The molecule has 0 bridgehead atoms. The van der Waals surface area contributed by atoms with E-state index >= 15 is 0 Å². The number of rotatable bonds is 3. The van der Waals surface area contributed by atoms with E-state index in [1.807, 2.05) is 0 Å². The molecule has 0 aromatic carbocycles. The molecule has 24 heavy (non-hydrogen) atoms. The number of nitrogens with zero attached hydrogens (tertiary/aromatic N) is 1. The molecular formula is C14H17ClF4N2O2S. The van der Waals surface area contributed by atoms with Crippen LogP contribution in [0.25, 0.3) is 0 Å². The van der Waals surface area contributed by atoms with Gasteiger partial charge >= 0.3 is 6.18 Å². The standard InChI is InChI=1S/C14H17ClF4N2O2S/c1-13(2,23)10-9(14(17,18)19)20-12(24-10)21-11(22)6-3-4-8(16)7(15)5-6/h6-8,23H,3-5H2,1-2H3,(H,20,21,22). The zero-order chi connectivity index (χ0) is 18.3. The van der Waals surface area contributed by atoms with Gasteiger partial charge in [-0.15, -0.1) is 11.6 Å². The van der Waals surface area contributed by atoms with E-state index in [1.54, 1.807) is 0 Å². The summed E-state index contributed by atoms with van der Waals surface area (Å²) in [4.78, 5) is 15.2.